The van der Waals surface area contributed by atoms with Gasteiger partial charge in [-0.15, -0.1) is 0 Å². The molecule has 0 saturated carbocycles. The van der Waals surface area contributed by atoms with E-state index in [0.717, 1.165) is 25.1 Å². The van der Waals surface area contributed by atoms with Crippen LogP contribution in [0.5, 0.6) is 0 Å². The van der Waals surface area contributed by atoms with Gasteiger partial charge >= 0.3 is 0 Å². The van der Waals surface area contributed by atoms with E-state index >= 15 is 0 Å². The van der Waals surface area contributed by atoms with Crippen molar-refractivity contribution in [2.75, 3.05) is 24.5 Å². The molecule has 1 fully saturated rings. The lowest BCUT2D eigenvalue weighted by Crippen LogP contribution is -2.49. The third-order valence-electron chi connectivity index (χ3n) is 5.98. The highest BCUT2D eigenvalue weighted by Gasteiger charge is 2.26. The van der Waals surface area contributed by atoms with E-state index in [0.29, 0.717) is 29.5 Å². The molecular weight excluding hydrogens is 434 g/mol. The quantitative estimate of drug-likeness (QED) is 0.525. The number of nitrogens with zero attached hydrogens (tertiary/aromatic N) is 1. The van der Waals surface area contributed by atoms with Crippen molar-refractivity contribution in [3.63, 3.8) is 0 Å². The van der Waals surface area contributed by atoms with Gasteiger partial charge in [-0.25, -0.2) is 0 Å². The SMILES string of the molecule is O=C(NC(Cc1ccccc1)C(=O)NCC1CCN(c2ccccc2)C1)c1ccc(Cl)cc1. The average molecular weight is 462 g/mol. The summed E-state index contributed by atoms with van der Waals surface area (Å²) < 4.78 is 0. The molecule has 5 nitrogen and oxygen atoms in total. The van der Waals surface area contributed by atoms with Crippen molar-refractivity contribution in [1.82, 2.24) is 10.6 Å². The van der Waals surface area contributed by atoms with E-state index in [1.165, 1.54) is 5.69 Å². The highest BCUT2D eigenvalue weighted by atomic mass is 35.5. The lowest BCUT2D eigenvalue weighted by molar-refractivity contribution is -0.123. The van der Waals surface area contributed by atoms with Gasteiger partial charge < -0.3 is 15.5 Å². The van der Waals surface area contributed by atoms with Crippen LogP contribution >= 0.6 is 11.6 Å². The van der Waals surface area contributed by atoms with E-state index in [2.05, 4.69) is 27.7 Å². The minimum atomic E-state index is -0.665. The third-order valence-corrected chi connectivity index (χ3v) is 6.24. The second-order valence-corrected chi connectivity index (χ2v) is 8.84. The maximum Gasteiger partial charge on any atom is 0.251 e. The van der Waals surface area contributed by atoms with Gasteiger partial charge in [-0.2, -0.15) is 0 Å². The van der Waals surface area contributed by atoms with Crippen molar-refractivity contribution < 1.29 is 9.59 Å². The minimum absolute atomic E-state index is 0.167. The number of benzene rings is 3. The Morgan fingerprint density at radius 2 is 1.61 bits per heavy atom. The molecule has 6 heteroatoms. The molecular formula is C27H28ClN3O2. The van der Waals surface area contributed by atoms with Crippen LogP contribution in [0.2, 0.25) is 5.02 Å². The Labute approximate surface area is 199 Å². The summed E-state index contributed by atoms with van der Waals surface area (Å²) in [6.07, 6.45) is 1.45. The van der Waals surface area contributed by atoms with Crippen LogP contribution in [0.4, 0.5) is 5.69 Å². The zero-order chi connectivity index (χ0) is 23.0. The second kappa shape index (κ2) is 11.0. The van der Waals surface area contributed by atoms with Crippen LogP contribution in [-0.4, -0.2) is 37.5 Å². The standard InChI is InChI=1S/C27H28ClN3O2/c28-23-13-11-22(12-14-23)26(32)30-25(17-20-7-3-1-4-8-20)27(33)29-18-21-15-16-31(19-21)24-9-5-2-6-10-24/h1-14,21,25H,15-19H2,(H,29,33)(H,30,32). The topological polar surface area (TPSA) is 61.4 Å². The Hall–Kier alpha value is -3.31. The highest BCUT2D eigenvalue weighted by Crippen LogP contribution is 2.23. The number of rotatable bonds is 8. The van der Waals surface area contributed by atoms with Gasteiger partial charge in [-0.05, 0) is 54.3 Å². The van der Waals surface area contributed by atoms with Crippen LogP contribution in [0.25, 0.3) is 0 Å². The molecule has 2 atom stereocenters. The molecule has 3 aromatic rings. The van der Waals surface area contributed by atoms with E-state index in [1.54, 1.807) is 24.3 Å². The van der Waals surface area contributed by atoms with Gasteiger partial charge in [-0.1, -0.05) is 60.1 Å². The number of hydrogen-bond acceptors (Lipinski definition) is 3. The van der Waals surface area contributed by atoms with Crippen LogP contribution in [0.15, 0.2) is 84.9 Å². The zero-order valence-corrected chi connectivity index (χ0v) is 19.2. The lowest BCUT2D eigenvalue weighted by Gasteiger charge is -2.21. The van der Waals surface area contributed by atoms with E-state index in [9.17, 15) is 9.59 Å². The monoisotopic (exact) mass is 461 g/mol. The first-order valence-electron chi connectivity index (χ1n) is 11.3. The highest BCUT2D eigenvalue weighted by molar-refractivity contribution is 6.30. The number of hydrogen-bond donors (Lipinski definition) is 2. The minimum Gasteiger partial charge on any atom is -0.371 e. The lowest BCUT2D eigenvalue weighted by atomic mass is 10.0. The molecule has 0 aliphatic carbocycles. The Balaban J connectivity index is 1.37. The summed E-state index contributed by atoms with van der Waals surface area (Å²) in [7, 11) is 0. The van der Waals surface area contributed by atoms with Gasteiger partial charge in [-0.3, -0.25) is 9.59 Å². The molecule has 4 rings (SSSR count). The average Bonchev–Trinajstić information content (AvgIpc) is 3.33. The molecule has 1 aliphatic rings. The molecule has 170 valence electrons. The summed E-state index contributed by atoms with van der Waals surface area (Å²) in [5.41, 5.74) is 2.67. The second-order valence-electron chi connectivity index (χ2n) is 8.40. The van der Waals surface area contributed by atoms with Crippen molar-refractivity contribution in [3.8, 4) is 0 Å². The molecule has 0 bridgehead atoms. The first-order valence-corrected chi connectivity index (χ1v) is 11.6. The van der Waals surface area contributed by atoms with Crippen LogP contribution in [-0.2, 0) is 11.2 Å². The molecule has 0 aromatic heterocycles. The molecule has 0 spiro atoms. The van der Waals surface area contributed by atoms with Crippen molar-refractivity contribution in [2.24, 2.45) is 5.92 Å². The first kappa shape index (κ1) is 22.9. The summed E-state index contributed by atoms with van der Waals surface area (Å²) in [6.45, 7) is 2.47. The number of amides is 2. The summed E-state index contributed by atoms with van der Waals surface area (Å²) in [6, 6.07) is 26.0. The fourth-order valence-electron chi connectivity index (χ4n) is 4.14. The molecule has 2 amide bonds. The molecule has 33 heavy (non-hydrogen) atoms. The molecule has 3 aromatic carbocycles. The Bertz CT molecular complexity index is 1060. The maximum absolute atomic E-state index is 13.1. The number of nitrogens with one attached hydrogen (secondary N) is 2. The van der Waals surface area contributed by atoms with Gasteiger partial charge in [0.1, 0.15) is 6.04 Å². The van der Waals surface area contributed by atoms with E-state index in [-0.39, 0.29) is 11.8 Å². The molecule has 0 radical (unpaired) electrons. The maximum atomic E-state index is 13.1. The first-order chi connectivity index (χ1) is 16.1. The van der Waals surface area contributed by atoms with Crippen molar-refractivity contribution in [1.29, 1.82) is 0 Å². The molecule has 2 unspecified atom stereocenters. The predicted octanol–water partition coefficient (Wildman–Crippen LogP) is 4.32. The number of halogens is 1. The van der Waals surface area contributed by atoms with Gasteiger partial charge in [0.2, 0.25) is 5.91 Å². The van der Waals surface area contributed by atoms with E-state index in [4.69, 9.17) is 11.6 Å². The van der Waals surface area contributed by atoms with Gasteiger partial charge in [0.25, 0.3) is 5.91 Å². The van der Waals surface area contributed by atoms with Gasteiger partial charge in [0.05, 0.1) is 0 Å². The third kappa shape index (κ3) is 6.36. The van der Waals surface area contributed by atoms with Crippen LogP contribution in [0.3, 0.4) is 0 Å². The van der Waals surface area contributed by atoms with Crippen LogP contribution in [0.1, 0.15) is 22.3 Å². The summed E-state index contributed by atoms with van der Waals surface area (Å²) in [4.78, 5) is 28.2. The molecule has 1 aliphatic heterocycles. The van der Waals surface area contributed by atoms with Gasteiger partial charge in [0, 0.05) is 42.3 Å². The van der Waals surface area contributed by atoms with Crippen LogP contribution < -0.4 is 15.5 Å². The number of carbonyl (C=O) groups excluding carboxylic acids is 2. The zero-order valence-electron chi connectivity index (χ0n) is 18.4. The number of anilines is 1. The Kier molecular flexibility index (Phi) is 7.63. The van der Waals surface area contributed by atoms with Crippen molar-refractivity contribution >= 4 is 29.1 Å². The molecule has 1 saturated heterocycles. The van der Waals surface area contributed by atoms with Crippen LogP contribution in [0, 0.1) is 5.92 Å². The van der Waals surface area contributed by atoms with Crippen molar-refractivity contribution in [3.05, 3.63) is 101 Å². The largest absolute Gasteiger partial charge is 0.371 e. The predicted molar refractivity (Wildman–Crippen MR) is 133 cm³/mol. The molecule has 1 heterocycles. The number of para-hydroxylation sites is 1. The van der Waals surface area contributed by atoms with Gasteiger partial charge in [0.15, 0.2) is 0 Å². The summed E-state index contributed by atoms with van der Waals surface area (Å²) in [5, 5.41) is 6.55. The van der Waals surface area contributed by atoms with E-state index < -0.39 is 6.04 Å². The smallest absolute Gasteiger partial charge is 0.251 e. The normalized spacial score (nSPS) is 16.3. The molecule has 2 N–H and O–H groups in total. The fraction of sp³-hybridized carbons (Fsp3) is 0.259. The number of carbonyl (C=O) groups is 2. The summed E-state index contributed by atoms with van der Waals surface area (Å²) >= 11 is 5.93. The summed E-state index contributed by atoms with van der Waals surface area (Å²) in [5.74, 6) is -0.0864. The Morgan fingerprint density at radius 1 is 0.939 bits per heavy atom. The Morgan fingerprint density at radius 3 is 2.30 bits per heavy atom. The van der Waals surface area contributed by atoms with E-state index in [1.807, 2.05) is 48.5 Å². The van der Waals surface area contributed by atoms with Crippen molar-refractivity contribution in [2.45, 2.75) is 18.9 Å². The fourth-order valence-corrected chi connectivity index (χ4v) is 4.27.